The largest absolute Gasteiger partial charge is 0.357 e. The molecule has 0 atom stereocenters. The van der Waals surface area contributed by atoms with Crippen LogP contribution in [-0.4, -0.2) is 23.3 Å². The van der Waals surface area contributed by atoms with Crippen LogP contribution >= 0.6 is 0 Å². The second-order valence-electron chi connectivity index (χ2n) is 3.33. The zero-order valence-electron chi connectivity index (χ0n) is 9.14. The third-order valence-corrected chi connectivity index (χ3v) is 2.29. The van der Waals surface area contributed by atoms with Gasteiger partial charge >= 0.3 is 0 Å². The Balaban J connectivity index is 2.66. The summed E-state index contributed by atoms with van der Waals surface area (Å²) in [6.45, 7) is 0. The minimum absolute atomic E-state index is 0.129. The number of carbonyl (C=O) groups is 1. The number of nitrogens with one attached hydrogen (secondary N) is 1. The summed E-state index contributed by atoms with van der Waals surface area (Å²) in [6, 6.07) is 8.94. The number of carbonyl (C=O) groups excluding carboxylic acids is 1. The van der Waals surface area contributed by atoms with Crippen molar-refractivity contribution in [2.45, 2.75) is 0 Å². The lowest BCUT2D eigenvalue weighted by Gasteiger charge is -2.07. The van der Waals surface area contributed by atoms with Crippen molar-refractivity contribution < 1.29 is 9.18 Å². The number of anilines is 1. The summed E-state index contributed by atoms with van der Waals surface area (Å²) in [7, 11) is 1.59. The van der Waals surface area contributed by atoms with Crippen LogP contribution < -0.4 is 5.32 Å². The van der Waals surface area contributed by atoms with E-state index in [1.54, 1.807) is 31.3 Å². The lowest BCUT2D eigenvalue weighted by atomic mass is 10.1. The molecule has 1 aromatic heterocycles. The van der Waals surface area contributed by atoms with Gasteiger partial charge in [-0.2, -0.15) is 9.37 Å². The fourth-order valence-electron chi connectivity index (χ4n) is 1.47. The molecule has 2 rings (SSSR count). The number of aldehydes is 1. The van der Waals surface area contributed by atoms with E-state index in [-0.39, 0.29) is 17.2 Å². The van der Waals surface area contributed by atoms with Crippen LogP contribution in [-0.2, 0) is 0 Å². The number of rotatable bonds is 3. The zero-order valence-corrected chi connectivity index (χ0v) is 9.14. The zero-order chi connectivity index (χ0) is 12.3. The lowest BCUT2D eigenvalue weighted by Crippen LogP contribution is -2.05. The van der Waals surface area contributed by atoms with Crippen LogP contribution in [0.2, 0.25) is 0 Å². The Bertz CT molecular complexity index is 543. The van der Waals surface area contributed by atoms with Gasteiger partial charge in [0.1, 0.15) is 0 Å². The highest BCUT2D eigenvalue weighted by molar-refractivity contribution is 5.85. The summed E-state index contributed by atoms with van der Waals surface area (Å²) < 4.78 is 13.6. The van der Waals surface area contributed by atoms with Gasteiger partial charge in [0, 0.05) is 12.6 Å². The Morgan fingerprint density at radius 2 is 1.94 bits per heavy atom. The first-order valence-corrected chi connectivity index (χ1v) is 5.02. The van der Waals surface area contributed by atoms with E-state index in [0.29, 0.717) is 11.8 Å². The van der Waals surface area contributed by atoms with E-state index in [1.807, 2.05) is 6.07 Å². The Morgan fingerprint density at radius 3 is 2.53 bits per heavy atom. The first kappa shape index (κ1) is 11.2. The van der Waals surface area contributed by atoms with E-state index in [2.05, 4.69) is 15.3 Å². The van der Waals surface area contributed by atoms with Crippen molar-refractivity contribution in [3.63, 3.8) is 0 Å². The summed E-state index contributed by atoms with van der Waals surface area (Å²) >= 11 is 0. The average molecular weight is 231 g/mol. The van der Waals surface area contributed by atoms with E-state index in [0.717, 1.165) is 0 Å². The normalized spacial score (nSPS) is 10.0. The van der Waals surface area contributed by atoms with Gasteiger partial charge < -0.3 is 5.32 Å². The maximum absolute atomic E-state index is 13.6. The smallest absolute Gasteiger partial charge is 0.228 e. The molecule has 0 aliphatic carbocycles. The highest BCUT2D eigenvalue weighted by atomic mass is 19.1. The molecule has 4 nitrogen and oxygen atoms in total. The highest BCUT2D eigenvalue weighted by Crippen LogP contribution is 2.22. The van der Waals surface area contributed by atoms with E-state index in [1.165, 1.54) is 0 Å². The molecular formula is C12H10FN3O. The maximum Gasteiger partial charge on any atom is 0.228 e. The molecule has 0 unspecified atom stereocenters. The van der Waals surface area contributed by atoms with Gasteiger partial charge in [0.25, 0.3) is 0 Å². The van der Waals surface area contributed by atoms with Crippen molar-refractivity contribution >= 4 is 12.2 Å². The average Bonchev–Trinajstić information content (AvgIpc) is 2.38. The van der Waals surface area contributed by atoms with Crippen LogP contribution in [0.15, 0.2) is 30.3 Å². The summed E-state index contributed by atoms with van der Waals surface area (Å²) in [6.07, 6.45) is 0.428. The maximum atomic E-state index is 13.6. The van der Waals surface area contributed by atoms with Gasteiger partial charge in [0.05, 0.1) is 11.3 Å². The van der Waals surface area contributed by atoms with Crippen molar-refractivity contribution in [2.24, 2.45) is 0 Å². The molecule has 5 heteroatoms. The number of hydrogen-bond acceptors (Lipinski definition) is 4. The molecule has 0 spiro atoms. The Morgan fingerprint density at radius 1 is 1.24 bits per heavy atom. The van der Waals surface area contributed by atoms with Gasteiger partial charge in [0.2, 0.25) is 11.9 Å². The third-order valence-electron chi connectivity index (χ3n) is 2.29. The fourth-order valence-corrected chi connectivity index (χ4v) is 1.47. The first-order valence-electron chi connectivity index (χ1n) is 5.02. The van der Waals surface area contributed by atoms with Crippen molar-refractivity contribution in [3.8, 4) is 11.3 Å². The summed E-state index contributed by atoms with van der Waals surface area (Å²) in [4.78, 5) is 18.5. The molecule has 0 radical (unpaired) electrons. The van der Waals surface area contributed by atoms with Crippen molar-refractivity contribution in [3.05, 3.63) is 41.8 Å². The van der Waals surface area contributed by atoms with Gasteiger partial charge in [0.15, 0.2) is 6.29 Å². The Labute approximate surface area is 97.5 Å². The first-order chi connectivity index (χ1) is 8.26. The molecule has 0 aliphatic rings. The molecule has 0 saturated heterocycles. The second kappa shape index (κ2) is 4.69. The quantitative estimate of drug-likeness (QED) is 0.649. The highest BCUT2D eigenvalue weighted by Gasteiger charge is 2.14. The molecule has 0 fully saturated rings. The predicted octanol–water partition coefficient (Wildman–Crippen LogP) is 2.14. The van der Waals surface area contributed by atoms with Gasteiger partial charge in [-0.3, -0.25) is 4.79 Å². The monoisotopic (exact) mass is 231 g/mol. The van der Waals surface area contributed by atoms with Gasteiger partial charge in [-0.1, -0.05) is 30.3 Å². The number of aromatic nitrogens is 2. The third kappa shape index (κ3) is 2.13. The number of hydrogen-bond donors (Lipinski definition) is 1. The Kier molecular flexibility index (Phi) is 3.09. The van der Waals surface area contributed by atoms with Crippen LogP contribution in [0.5, 0.6) is 0 Å². The molecule has 1 N–H and O–H groups in total. The molecule has 0 bridgehead atoms. The van der Waals surface area contributed by atoms with Crippen LogP contribution in [0.25, 0.3) is 11.3 Å². The van der Waals surface area contributed by atoms with E-state index in [9.17, 15) is 9.18 Å². The van der Waals surface area contributed by atoms with E-state index in [4.69, 9.17) is 0 Å². The molecule has 0 amide bonds. The molecule has 1 heterocycles. The minimum Gasteiger partial charge on any atom is -0.357 e. The van der Waals surface area contributed by atoms with Gasteiger partial charge in [-0.15, -0.1) is 0 Å². The molecule has 0 saturated carbocycles. The van der Waals surface area contributed by atoms with Crippen molar-refractivity contribution in [1.82, 2.24) is 9.97 Å². The van der Waals surface area contributed by atoms with Crippen LogP contribution in [0.1, 0.15) is 10.4 Å². The SMILES string of the molecule is CNc1nc(F)c(C=O)c(-c2ccccc2)n1. The lowest BCUT2D eigenvalue weighted by molar-refractivity contribution is 0.111. The number of benzene rings is 1. The fraction of sp³-hybridized carbons (Fsp3) is 0.0833. The number of nitrogens with zero attached hydrogens (tertiary/aromatic N) is 2. The summed E-state index contributed by atoms with van der Waals surface area (Å²) in [5.74, 6) is -0.676. The standard InChI is InChI=1S/C12H10FN3O/c1-14-12-15-10(8-5-3-2-4-6-8)9(7-17)11(13)16-12/h2-7H,1H3,(H,14,15,16). The molecule has 86 valence electrons. The summed E-state index contributed by atoms with van der Waals surface area (Å²) in [5, 5.41) is 2.65. The van der Waals surface area contributed by atoms with Gasteiger partial charge in [-0.05, 0) is 0 Å². The summed E-state index contributed by atoms with van der Waals surface area (Å²) in [5.41, 5.74) is 0.833. The van der Waals surface area contributed by atoms with Crippen LogP contribution in [0, 0.1) is 5.95 Å². The van der Waals surface area contributed by atoms with Gasteiger partial charge in [-0.25, -0.2) is 4.98 Å². The van der Waals surface area contributed by atoms with Crippen molar-refractivity contribution in [2.75, 3.05) is 12.4 Å². The minimum atomic E-state index is -0.821. The van der Waals surface area contributed by atoms with Crippen LogP contribution in [0.3, 0.4) is 0 Å². The second-order valence-corrected chi connectivity index (χ2v) is 3.33. The van der Waals surface area contributed by atoms with Crippen molar-refractivity contribution in [1.29, 1.82) is 0 Å². The molecular weight excluding hydrogens is 221 g/mol. The molecule has 17 heavy (non-hydrogen) atoms. The Hall–Kier alpha value is -2.30. The molecule has 1 aromatic carbocycles. The molecule has 2 aromatic rings. The van der Waals surface area contributed by atoms with E-state index < -0.39 is 5.95 Å². The number of halogens is 1. The van der Waals surface area contributed by atoms with Crippen LogP contribution in [0.4, 0.5) is 10.3 Å². The topological polar surface area (TPSA) is 54.9 Å². The van der Waals surface area contributed by atoms with E-state index >= 15 is 0 Å². The predicted molar refractivity (Wildman–Crippen MR) is 62.4 cm³/mol. The molecule has 0 aliphatic heterocycles.